The van der Waals surface area contributed by atoms with Gasteiger partial charge in [0.1, 0.15) is 11.6 Å². The molecule has 0 aromatic carbocycles. The molecule has 1 aromatic heterocycles. The van der Waals surface area contributed by atoms with Gasteiger partial charge in [0.2, 0.25) is 0 Å². The Morgan fingerprint density at radius 1 is 1.30 bits per heavy atom. The summed E-state index contributed by atoms with van der Waals surface area (Å²) in [5.74, 6) is 2.06. The molecule has 2 heterocycles. The van der Waals surface area contributed by atoms with Crippen molar-refractivity contribution in [2.75, 3.05) is 32.1 Å². The Hall–Kier alpha value is -1.16. The van der Waals surface area contributed by atoms with Gasteiger partial charge in [0, 0.05) is 30.9 Å². The van der Waals surface area contributed by atoms with Crippen molar-refractivity contribution in [2.24, 2.45) is 0 Å². The highest BCUT2D eigenvalue weighted by molar-refractivity contribution is 5.46. The van der Waals surface area contributed by atoms with Crippen molar-refractivity contribution in [1.29, 1.82) is 0 Å². The molecule has 0 spiro atoms. The molecule has 0 N–H and O–H groups in total. The summed E-state index contributed by atoms with van der Waals surface area (Å²) >= 11 is 0. The molecule has 1 atom stereocenters. The Morgan fingerprint density at radius 2 is 2.10 bits per heavy atom. The van der Waals surface area contributed by atoms with Crippen molar-refractivity contribution in [1.82, 2.24) is 14.9 Å². The van der Waals surface area contributed by atoms with Crippen LogP contribution in [0.1, 0.15) is 44.0 Å². The lowest BCUT2D eigenvalue weighted by Crippen LogP contribution is -2.31. The molecule has 1 fully saturated rings. The van der Waals surface area contributed by atoms with E-state index < -0.39 is 0 Å². The fraction of sp³-hybridized carbons (Fsp3) is 0.750. The lowest BCUT2D eigenvalue weighted by molar-refractivity contribution is 0.272. The van der Waals surface area contributed by atoms with Crippen LogP contribution in [0.3, 0.4) is 0 Å². The number of anilines is 1. The van der Waals surface area contributed by atoms with Crippen molar-refractivity contribution in [3.05, 3.63) is 17.6 Å². The van der Waals surface area contributed by atoms with Gasteiger partial charge in [-0.05, 0) is 46.7 Å². The number of nitrogens with zero attached hydrogens (tertiary/aromatic N) is 4. The van der Waals surface area contributed by atoms with E-state index in [-0.39, 0.29) is 0 Å². The monoisotopic (exact) mass is 276 g/mol. The number of aryl methyl sites for hydroxylation is 2. The molecule has 4 nitrogen and oxygen atoms in total. The van der Waals surface area contributed by atoms with E-state index in [9.17, 15) is 0 Å². The van der Waals surface area contributed by atoms with Crippen LogP contribution in [-0.2, 0) is 6.42 Å². The average Bonchev–Trinajstić information content (AvgIpc) is 2.67. The van der Waals surface area contributed by atoms with Gasteiger partial charge >= 0.3 is 0 Å². The maximum absolute atomic E-state index is 4.73. The summed E-state index contributed by atoms with van der Waals surface area (Å²) in [6, 6.07) is 0.706. The van der Waals surface area contributed by atoms with Gasteiger partial charge in [-0.25, -0.2) is 9.97 Å². The fourth-order valence-corrected chi connectivity index (χ4v) is 3.01. The van der Waals surface area contributed by atoms with Gasteiger partial charge in [0.25, 0.3) is 0 Å². The summed E-state index contributed by atoms with van der Waals surface area (Å²) in [4.78, 5) is 13.9. The molecule has 1 aliphatic rings. The third kappa shape index (κ3) is 3.69. The molecule has 20 heavy (non-hydrogen) atoms. The van der Waals surface area contributed by atoms with E-state index in [0.717, 1.165) is 31.8 Å². The van der Waals surface area contributed by atoms with Crippen molar-refractivity contribution >= 4 is 5.82 Å². The van der Waals surface area contributed by atoms with Crippen LogP contribution < -0.4 is 4.90 Å². The molecule has 1 saturated heterocycles. The van der Waals surface area contributed by atoms with E-state index in [4.69, 9.17) is 4.98 Å². The predicted molar refractivity (Wildman–Crippen MR) is 84.3 cm³/mol. The zero-order chi connectivity index (χ0) is 14.5. The molecule has 112 valence electrons. The molecule has 1 aromatic rings. The third-order valence-electron chi connectivity index (χ3n) is 4.21. The van der Waals surface area contributed by atoms with Crippen LogP contribution in [0.2, 0.25) is 0 Å². The quantitative estimate of drug-likeness (QED) is 0.846. The second kappa shape index (κ2) is 7.02. The van der Waals surface area contributed by atoms with E-state index in [1.54, 1.807) is 0 Å². The third-order valence-corrected chi connectivity index (χ3v) is 4.21. The van der Waals surface area contributed by atoms with Crippen LogP contribution in [0.25, 0.3) is 0 Å². The predicted octanol–water partition coefficient (Wildman–Crippen LogP) is 2.66. The summed E-state index contributed by atoms with van der Waals surface area (Å²) in [5.41, 5.74) is 1.31. The number of aromatic nitrogens is 2. The van der Waals surface area contributed by atoms with Gasteiger partial charge in [0.05, 0.1) is 0 Å². The molecule has 2 rings (SSSR count). The highest BCUT2D eigenvalue weighted by Crippen LogP contribution is 2.23. The first-order valence-electron chi connectivity index (χ1n) is 7.85. The van der Waals surface area contributed by atoms with Gasteiger partial charge in [-0.15, -0.1) is 0 Å². The second-order valence-corrected chi connectivity index (χ2v) is 6.05. The Morgan fingerprint density at radius 3 is 2.80 bits per heavy atom. The zero-order valence-corrected chi connectivity index (χ0v) is 13.4. The SMILES string of the molecule is CCCc1cnc(C)nc1N1CCCC(N(C)C)CC1. The van der Waals surface area contributed by atoms with Crippen LogP contribution in [0, 0.1) is 6.92 Å². The van der Waals surface area contributed by atoms with E-state index in [1.807, 2.05) is 13.1 Å². The number of rotatable bonds is 4. The number of hydrogen-bond donors (Lipinski definition) is 0. The van der Waals surface area contributed by atoms with Crippen molar-refractivity contribution in [3.63, 3.8) is 0 Å². The highest BCUT2D eigenvalue weighted by atomic mass is 15.2. The molecule has 0 amide bonds. The highest BCUT2D eigenvalue weighted by Gasteiger charge is 2.21. The molecule has 4 heteroatoms. The molecule has 0 radical (unpaired) electrons. The molecular weight excluding hydrogens is 248 g/mol. The van der Waals surface area contributed by atoms with Crippen LogP contribution in [0.4, 0.5) is 5.82 Å². The van der Waals surface area contributed by atoms with Crippen LogP contribution in [-0.4, -0.2) is 48.1 Å². The summed E-state index contributed by atoms with van der Waals surface area (Å²) in [6.45, 7) is 6.43. The first-order valence-corrected chi connectivity index (χ1v) is 7.85. The molecule has 1 unspecified atom stereocenters. The van der Waals surface area contributed by atoms with E-state index in [2.05, 4.69) is 35.8 Å². The second-order valence-electron chi connectivity index (χ2n) is 6.05. The first kappa shape index (κ1) is 15.2. The van der Waals surface area contributed by atoms with Crippen molar-refractivity contribution < 1.29 is 0 Å². The Labute approximate surface area is 123 Å². The summed E-state index contributed by atoms with van der Waals surface area (Å²) in [6.07, 6.45) is 8.00. The Kier molecular flexibility index (Phi) is 5.35. The fourth-order valence-electron chi connectivity index (χ4n) is 3.01. The maximum atomic E-state index is 4.73. The zero-order valence-electron chi connectivity index (χ0n) is 13.4. The van der Waals surface area contributed by atoms with E-state index in [0.29, 0.717) is 6.04 Å². The largest absolute Gasteiger partial charge is 0.356 e. The number of hydrogen-bond acceptors (Lipinski definition) is 4. The van der Waals surface area contributed by atoms with Gasteiger partial charge in [-0.1, -0.05) is 13.3 Å². The van der Waals surface area contributed by atoms with Crippen molar-refractivity contribution in [2.45, 2.75) is 52.0 Å². The summed E-state index contributed by atoms with van der Waals surface area (Å²) < 4.78 is 0. The normalized spacial score (nSPS) is 20.2. The average molecular weight is 276 g/mol. The Bertz CT molecular complexity index is 430. The lowest BCUT2D eigenvalue weighted by atomic mass is 10.1. The van der Waals surface area contributed by atoms with Crippen LogP contribution in [0.5, 0.6) is 0 Å². The maximum Gasteiger partial charge on any atom is 0.135 e. The van der Waals surface area contributed by atoms with Crippen LogP contribution in [0.15, 0.2) is 6.20 Å². The first-order chi connectivity index (χ1) is 9.61. The molecule has 0 aliphatic carbocycles. The van der Waals surface area contributed by atoms with Gasteiger partial charge in [-0.2, -0.15) is 0 Å². The van der Waals surface area contributed by atoms with Gasteiger partial charge in [0.15, 0.2) is 0 Å². The smallest absolute Gasteiger partial charge is 0.135 e. The molecular formula is C16H28N4. The minimum atomic E-state index is 0.706. The standard InChI is InChI=1S/C16H28N4/c1-5-7-14-12-17-13(2)18-16(14)20-10-6-8-15(9-11-20)19(3)4/h12,15H,5-11H2,1-4H3. The van der Waals surface area contributed by atoms with E-state index in [1.165, 1.54) is 30.6 Å². The van der Waals surface area contributed by atoms with E-state index >= 15 is 0 Å². The lowest BCUT2D eigenvalue weighted by Gasteiger charge is -2.25. The topological polar surface area (TPSA) is 32.3 Å². The van der Waals surface area contributed by atoms with Gasteiger partial charge < -0.3 is 9.80 Å². The van der Waals surface area contributed by atoms with Gasteiger partial charge in [-0.3, -0.25) is 0 Å². The summed E-state index contributed by atoms with van der Waals surface area (Å²) in [7, 11) is 4.38. The minimum absolute atomic E-state index is 0.706. The minimum Gasteiger partial charge on any atom is -0.356 e. The molecule has 0 bridgehead atoms. The van der Waals surface area contributed by atoms with Crippen LogP contribution >= 0.6 is 0 Å². The summed E-state index contributed by atoms with van der Waals surface area (Å²) in [5, 5.41) is 0. The molecule has 0 saturated carbocycles. The molecule has 1 aliphatic heterocycles. The Balaban J connectivity index is 2.16. The van der Waals surface area contributed by atoms with Crippen molar-refractivity contribution in [3.8, 4) is 0 Å².